The molecule has 0 heterocycles. The lowest BCUT2D eigenvalue weighted by atomic mass is 9.77. The lowest BCUT2D eigenvalue weighted by Gasteiger charge is -2.28. The number of hydrogen-bond acceptors (Lipinski definition) is 3. The minimum absolute atomic E-state index is 0.429. The van der Waals surface area contributed by atoms with Crippen LogP contribution in [0.4, 0.5) is 0 Å². The Labute approximate surface area is 235 Å². The average molecular weight is 519 g/mol. The van der Waals surface area contributed by atoms with E-state index in [2.05, 4.69) is 50.3 Å². The van der Waals surface area contributed by atoms with E-state index in [9.17, 15) is 10.5 Å². The highest BCUT2D eigenvalue weighted by Gasteiger charge is 2.22. The summed E-state index contributed by atoms with van der Waals surface area (Å²) < 4.78 is 5.91. The maximum Gasteiger partial charge on any atom is 0.119 e. The Hall–Kier alpha value is -3.56. The van der Waals surface area contributed by atoms with Crippen LogP contribution in [0.2, 0.25) is 0 Å². The Morgan fingerprint density at radius 3 is 1.77 bits per heavy atom. The van der Waals surface area contributed by atoms with Crippen LogP contribution in [-0.4, -0.2) is 6.61 Å². The van der Waals surface area contributed by atoms with Crippen LogP contribution in [0, 0.1) is 28.6 Å². The highest BCUT2D eigenvalue weighted by molar-refractivity contribution is 5.82. The molecule has 3 aromatic carbocycles. The summed E-state index contributed by atoms with van der Waals surface area (Å²) in [6.45, 7) is 5.23. The number of ether oxygens (including phenoxy) is 1. The van der Waals surface area contributed by atoms with Gasteiger partial charge < -0.3 is 4.74 Å². The van der Waals surface area contributed by atoms with E-state index in [0.717, 1.165) is 46.9 Å². The minimum Gasteiger partial charge on any atom is -0.494 e. The van der Waals surface area contributed by atoms with Gasteiger partial charge in [0.25, 0.3) is 0 Å². The number of nitrogens with zero attached hydrogens (tertiary/aromatic N) is 2. The minimum atomic E-state index is 0.429. The molecule has 3 heteroatoms. The van der Waals surface area contributed by atoms with Gasteiger partial charge in [0.1, 0.15) is 17.9 Å². The molecule has 1 saturated carbocycles. The van der Waals surface area contributed by atoms with E-state index >= 15 is 0 Å². The van der Waals surface area contributed by atoms with Gasteiger partial charge in [-0.3, -0.25) is 0 Å². The average Bonchev–Trinajstić information content (AvgIpc) is 2.99. The maximum atomic E-state index is 10.1. The molecule has 0 N–H and O–H groups in total. The second-order valence-corrected chi connectivity index (χ2v) is 11.0. The quantitative estimate of drug-likeness (QED) is 0.224. The summed E-state index contributed by atoms with van der Waals surface area (Å²) in [6, 6.07) is 25.2. The van der Waals surface area contributed by atoms with Crippen molar-refractivity contribution in [3.8, 4) is 40.1 Å². The van der Waals surface area contributed by atoms with Crippen molar-refractivity contribution in [1.29, 1.82) is 10.5 Å². The molecule has 1 aliphatic carbocycles. The van der Waals surface area contributed by atoms with Gasteiger partial charge in [0, 0.05) is 11.1 Å². The van der Waals surface area contributed by atoms with E-state index in [1.807, 2.05) is 36.4 Å². The second-order valence-electron chi connectivity index (χ2n) is 11.0. The largest absolute Gasteiger partial charge is 0.494 e. The lowest BCUT2D eigenvalue weighted by Crippen LogP contribution is -2.13. The van der Waals surface area contributed by atoms with Gasteiger partial charge in [-0.1, -0.05) is 101 Å². The predicted molar refractivity (Wildman–Crippen MR) is 161 cm³/mol. The van der Waals surface area contributed by atoms with E-state index in [0.29, 0.717) is 17.0 Å². The first-order chi connectivity index (χ1) is 19.2. The van der Waals surface area contributed by atoms with Crippen LogP contribution >= 0.6 is 0 Å². The van der Waals surface area contributed by atoms with E-state index in [4.69, 9.17) is 4.74 Å². The Morgan fingerprint density at radius 1 is 0.667 bits per heavy atom. The summed E-state index contributed by atoms with van der Waals surface area (Å²) in [5.41, 5.74) is 5.77. The summed E-state index contributed by atoms with van der Waals surface area (Å²) in [4.78, 5) is 0. The van der Waals surface area contributed by atoms with Crippen molar-refractivity contribution in [3.05, 3.63) is 77.4 Å². The number of unbranched alkanes of at least 4 members (excludes halogenated alkanes) is 4. The Morgan fingerprint density at radius 2 is 1.23 bits per heavy atom. The third kappa shape index (κ3) is 7.30. The van der Waals surface area contributed by atoms with Crippen LogP contribution in [0.3, 0.4) is 0 Å². The van der Waals surface area contributed by atoms with Crippen molar-refractivity contribution in [3.63, 3.8) is 0 Å². The molecule has 0 radical (unpaired) electrons. The van der Waals surface area contributed by atoms with Crippen molar-refractivity contribution in [2.24, 2.45) is 5.92 Å². The molecule has 0 aliphatic heterocycles. The molecule has 0 unspecified atom stereocenters. The first-order valence-corrected chi connectivity index (χ1v) is 15.0. The van der Waals surface area contributed by atoms with E-state index in [1.165, 1.54) is 69.8 Å². The summed E-state index contributed by atoms with van der Waals surface area (Å²) >= 11 is 0. The number of hydrogen-bond donors (Lipinski definition) is 0. The summed E-state index contributed by atoms with van der Waals surface area (Å²) in [7, 11) is 0. The molecule has 0 amide bonds. The van der Waals surface area contributed by atoms with Crippen molar-refractivity contribution < 1.29 is 4.74 Å². The predicted octanol–water partition coefficient (Wildman–Crippen LogP) is 10.2. The van der Waals surface area contributed by atoms with Crippen LogP contribution in [0.1, 0.15) is 107 Å². The van der Waals surface area contributed by atoms with Crippen molar-refractivity contribution in [1.82, 2.24) is 0 Å². The van der Waals surface area contributed by atoms with Crippen molar-refractivity contribution in [2.75, 3.05) is 6.61 Å². The number of rotatable bonds is 12. The molecule has 0 atom stereocenters. The van der Waals surface area contributed by atoms with Gasteiger partial charge >= 0.3 is 0 Å². The van der Waals surface area contributed by atoms with Gasteiger partial charge in [-0.15, -0.1) is 0 Å². The monoisotopic (exact) mass is 518 g/mol. The molecule has 0 aromatic heterocycles. The fraction of sp³-hybridized carbons (Fsp3) is 0.444. The van der Waals surface area contributed by atoms with E-state index in [-0.39, 0.29) is 0 Å². The number of nitriles is 2. The van der Waals surface area contributed by atoms with E-state index < -0.39 is 0 Å². The molecular weight excluding hydrogens is 476 g/mol. The molecular formula is C36H42N2O. The summed E-state index contributed by atoms with van der Waals surface area (Å²) in [5.74, 6) is 2.37. The van der Waals surface area contributed by atoms with E-state index in [1.54, 1.807) is 0 Å². The topological polar surface area (TPSA) is 56.8 Å². The molecule has 0 spiro atoms. The summed E-state index contributed by atoms with van der Waals surface area (Å²) in [5, 5.41) is 20.2. The SMILES string of the molecule is CCCCCCCOc1ccc(-c2ccc(-c3ccc([C@H]4CC[C@H](CCC)CC4)cc3)c(C#N)c2C#N)cc1. The second kappa shape index (κ2) is 14.6. The Balaban J connectivity index is 1.47. The molecule has 3 nitrogen and oxygen atoms in total. The Bertz CT molecular complexity index is 1270. The molecule has 39 heavy (non-hydrogen) atoms. The van der Waals surface area contributed by atoms with Crippen LogP contribution < -0.4 is 4.74 Å². The maximum absolute atomic E-state index is 10.1. The molecule has 202 valence electrons. The van der Waals surface area contributed by atoms with Crippen LogP contribution in [0.15, 0.2) is 60.7 Å². The van der Waals surface area contributed by atoms with Crippen LogP contribution in [-0.2, 0) is 0 Å². The van der Waals surface area contributed by atoms with Gasteiger partial charge in [0.15, 0.2) is 0 Å². The van der Waals surface area contributed by atoms with Crippen molar-refractivity contribution >= 4 is 0 Å². The molecule has 1 fully saturated rings. The standard InChI is InChI=1S/C36H42N2O/c1-3-5-6-7-8-24-39-32-20-18-31(19-21-32)34-23-22-33(35(25-37)36(34)26-38)30-16-14-29(15-17-30)28-12-10-27(9-4-2)11-13-28/h14-23,27-28H,3-13,24H2,1-2H3/t27-,28-. The molecule has 0 bridgehead atoms. The smallest absolute Gasteiger partial charge is 0.119 e. The molecule has 3 aromatic rings. The zero-order valence-corrected chi connectivity index (χ0v) is 23.7. The third-order valence-corrected chi connectivity index (χ3v) is 8.35. The zero-order valence-electron chi connectivity index (χ0n) is 23.7. The molecule has 4 rings (SSSR count). The first-order valence-electron chi connectivity index (χ1n) is 15.0. The molecule has 1 aliphatic rings. The van der Waals surface area contributed by atoms with Gasteiger partial charge in [0.05, 0.1) is 17.7 Å². The lowest BCUT2D eigenvalue weighted by molar-refractivity contribution is 0.304. The normalized spacial score (nSPS) is 16.8. The highest BCUT2D eigenvalue weighted by Crippen LogP contribution is 2.39. The van der Waals surface area contributed by atoms with Gasteiger partial charge in [-0.2, -0.15) is 10.5 Å². The molecule has 0 saturated heterocycles. The first kappa shape index (κ1) is 28.4. The Kier molecular flexibility index (Phi) is 10.6. The van der Waals surface area contributed by atoms with Crippen molar-refractivity contribution in [2.45, 2.75) is 90.4 Å². The van der Waals surface area contributed by atoms with Gasteiger partial charge in [-0.05, 0) is 72.8 Å². The highest BCUT2D eigenvalue weighted by atomic mass is 16.5. The summed E-state index contributed by atoms with van der Waals surface area (Å²) in [6.07, 6.45) is 13.9. The fourth-order valence-electron chi connectivity index (χ4n) is 6.07. The van der Waals surface area contributed by atoms with Crippen LogP contribution in [0.25, 0.3) is 22.3 Å². The zero-order chi connectivity index (χ0) is 27.5. The van der Waals surface area contributed by atoms with Gasteiger partial charge in [-0.25, -0.2) is 0 Å². The fourth-order valence-corrected chi connectivity index (χ4v) is 6.07. The third-order valence-electron chi connectivity index (χ3n) is 8.35. The van der Waals surface area contributed by atoms with Gasteiger partial charge in [0.2, 0.25) is 0 Å². The number of benzene rings is 3. The van der Waals surface area contributed by atoms with Crippen LogP contribution in [0.5, 0.6) is 5.75 Å².